The topological polar surface area (TPSA) is 68.2 Å². The van der Waals surface area contributed by atoms with E-state index in [9.17, 15) is 4.79 Å². The average molecular weight is 477 g/mol. The number of aryl methyl sites for hydroxylation is 2. The number of nitrogens with zero attached hydrogens (tertiary/aromatic N) is 2. The van der Waals surface area contributed by atoms with Gasteiger partial charge in [-0.15, -0.1) is 11.3 Å². The Morgan fingerprint density at radius 2 is 2.03 bits per heavy atom. The number of ether oxygens (including phenoxy) is 1. The lowest BCUT2D eigenvalue weighted by atomic mass is 10.0. The van der Waals surface area contributed by atoms with Crippen molar-refractivity contribution >= 4 is 51.2 Å². The molecule has 0 aliphatic carbocycles. The van der Waals surface area contributed by atoms with Crippen molar-refractivity contribution in [1.29, 1.82) is 0 Å². The second-order valence-electron chi connectivity index (χ2n) is 6.86. The predicted molar refractivity (Wildman–Crippen MR) is 131 cm³/mol. The quantitative estimate of drug-likeness (QED) is 0.256. The Kier molecular flexibility index (Phi) is 8.06. The van der Waals surface area contributed by atoms with Crippen LogP contribution in [0.1, 0.15) is 34.3 Å². The molecule has 0 saturated heterocycles. The summed E-state index contributed by atoms with van der Waals surface area (Å²) in [7, 11) is 0. The molecule has 0 unspecified atom stereocenters. The number of rotatable bonds is 8. The lowest BCUT2D eigenvalue weighted by molar-refractivity contribution is 0.0529. The van der Waals surface area contributed by atoms with Gasteiger partial charge in [0.05, 0.1) is 23.5 Å². The first kappa shape index (κ1) is 23.2. The fraction of sp³-hybridized carbons (Fsp3) is 0.318. The minimum atomic E-state index is -0.359. The molecule has 2 aromatic heterocycles. The lowest BCUT2D eigenvalue weighted by Gasteiger charge is -2.12. The van der Waals surface area contributed by atoms with E-state index >= 15 is 0 Å². The Morgan fingerprint density at radius 1 is 1.29 bits per heavy atom. The van der Waals surface area contributed by atoms with Gasteiger partial charge >= 0.3 is 5.97 Å². The van der Waals surface area contributed by atoms with E-state index < -0.39 is 0 Å². The van der Waals surface area contributed by atoms with E-state index in [-0.39, 0.29) is 5.97 Å². The van der Waals surface area contributed by atoms with E-state index in [4.69, 9.17) is 28.6 Å². The number of hydrogen-bond acceptors (Lipinski definition) is 5. The maximum Gasteiger partial charge on any atom is 0.341 e. The molecule has 0 bridgehead atoms. The van der Waals surface area contributed by atoms with Gasteiger partial charge in [0.1, 0.15) is 10.6 Å². The average Bonchev–Trinajstić information content (AvgIpc) is 3.25. The maximum absolute atomic E-state index is 12.8. The van der Waals surface area contributed by atoms with Gasteiger partial charge in [0.25, 0.3) is 0 Å². The summed E-state index contributed by atoms with van der Waals surface area (Å²) in [4.78, 5) is 13.8. The highest BCUT2D eigenvalue weighted by atomic mass is 35.5. The highest BCUT2D eigenvalue weighted by Gasteiger charge is 2.24. The first-order chi connectivity index (χ1) is 14.9. The Hall–Kier alpha value is -2.42. The fourth-order valence-corrected chi connectivity index (χ4v) is 4.69. The van der Waals surface area contributed by atoms with Gasteiger partial charge in [-0.05, 0) is 45.0 Å². The number of carbonyl (C=O) groups is 1. The van der Waals surface area contributed by atoms with Gasteiger partial charge in [-0.2, -0.15) is 5.10 Å². The number of halogens is 1. The molecule has 3 rings (SSSR count). The zero-order valence-electron chi connectivity index (χ0n) is 17.7. The minimum Gasteiger partial charge on any atom is -0.462 e. The van der Waals surface area contributed by atoms with E-state index in [1.54, 1.807) is 13.1 Å². The molecule has 2 N–H and O–H groups in total. The van der Waals surface area contributed by atoms with Crippen LogP contribution < -0.4 is 10.6 Å². The van der Waals surface area contributed by atoms with Gasteiger partial charge in [0.15, 0.2) is 5.11 Å². The van der Waals surface area contributed by atoms with Gasteiger partial charge in [-0.1, -0.05) is 41.9 Å². The van der Waals surface area contributed by atoms with Crippen molar-refractivity contribution in [3.05, 3.63) is 57.7 Å². The van der Waals surface area contributed by atoms with E-state index in [0.29, 0.717) is 33.9 Å². The summed E-state index contributed by atoms with van der Waals surface area (Å²) in [5.41, 5.74) is 3.31. The van der Waals surface area contributed by atoms with Crippen molar-refractivity contribution < 1.29 is 9.53 Å². The number of benzene rings is 1. The largest absolute Gasteiger partial charge is 0.462 e. The van der Waals surface area contributed by atoms with Crippen LogP contribution in [0.4, 0.5) is 5.00 Å². The van der Waals surface area contributed by atoms with Gasteiger partial charge in [0, 0.05) is 23.5 Å². The zero-order chi connectivity index (χ0) is 22.4. The second-order valence-corrected chi connectivity index (χ2v) is 8.90. The van der Waals surface area contributed by atoms with Crippen LogP contribution in [0.3, 0.4) is 0 Å². The number of hydrogen-bond donors (Lipinski definition) is 2. The summed E-state index contributed by atoms with van der Waals surface area (Å²) in [5.74, 6) is -0.359. The van der Waals surface area contributed by atoms with E-state index in [1.807, 2.05) is 48.9 Å². The summed E-state index contributed by atoms with van der Waals surface area (Å²) in [6, 6.07) is 9.83. The molecule has 31 heavy (non-hydrogen) atoms. The Labute approximate surface area is 196 Å². The summed E-state index contributed by atoms with van der Waals surface area (Å²) in [6.45, 7) is 7.43. The third-order valence-corrected chi connectivity index (χ3v) is 6.37. The Bertz CT molecular complexity index is 1060. The van der Waals surface area contributed by atoms with Crippen molar-refractivity contribution in [2.45, 2.75) is 33.7 Å². The molecule has 6 nitrogen and oxygen atoms in total. The van der Waals surface area contributed by atoms with Crippen LogP contribution in [-0.2, 0) is 11.3 Å². The van der Waals surface area contributed by atoms with Gasteiger partial charge in [0.2, 0.25) is 0 Å². The molecule has 9 heteroatoms. The molecule has 0 atom stereocenters. The van der Waals surface area contributed by atoms with Crippen molar-refractivity contribution in [2.24, 2.45) is 0 Å². The molecule has 164 valence electrons. The molecule has 0 spiro atoms. The van der Waals surface area contributed by atoms with Gasteiger partial charge < -0.3 is 15.4 Å². The monoisotopic (exact) mass is 476 g/mol. The first-order valence-corrected chi connectivity index (χ1v) is 11.6. The summed E-state index contributed by atoms with van der Waals surface area (Å²) < 4.78 is 7.20. The van der Waals surface area contributed by atoms with Crippen LogP contribution in [0.5, 0.6) is 0 Å². The molecule has 0 radical (unpaired) electrons. The van der Waals surface area contributed by atoms with Crippen molar-refractivity contribution in [1.82, 2.24) is 15.1 Å². The van der Waals surface area contributed by atoms with Crippen LogP contribution in [-0.4, -0.2) is 34.0 Å². The molecule has 0 aliphatic heterocycles. The Balaban J connectivity index is 1.69. The third kappa shape index (κ3) is 5.64. The number of nitrogens with one attached hydrogen (secondary N) is 2. The van der Waals surface area contributed by atoms with E-state index in [2.05, 4.69) is 15.7 Å². The van der Waals surface area contributed by atoms with Gasteiger partial charge in [-0.3, -0.25) is 4.68 Å². The third-order valence-electron chi connectivity index (χ3n) is 4.73. The molecular weight excluding hydrogens is 452 g/mol. The number of esters is 1. The number of carbonyl (C=O) groups excluding carboxylic acids is 1. The Morgan fingerprint density at radius 3 is 2.68 bits per heavy atom. The SMILES string of the molecule is CCOC(=O)c1c(NC(=S)NCCCn2ncc(Cl)c2C)sc(C)c1-c1ccccc1. The highest BCUT2D eigenvalue weighted by Crippen LogP contribution is 2.40. The van der Waals surface area contributed by atoms with Crippen LogP contribution in [0, 0.1) is 13.8 Å². The number of thiocarbonyl (C=S) groups is 1. The molecule has 0 aliphatic rings. The number of aromatic nitrogens is 2. The lowest BCUT2D eigenvalue weighted by Crippen LogP contribution is -2.30. The first-order valence-electron chi connectivity index (χ1n) is 10.0. The summed E-state index contributed by atoms with van der Waals surface area (Å²) >= 11 is 13.0. The number of thiophene rings is 1. The van der Waals surface area contributed by atoms with Crippen LogP contribution >= 0.6 is 35.2 Å². The predicted octanol–water partition coefficient (Wildman–Crippen LogP) is 5.44. The van der Waals surface area contributed by atoms with Crippen molar-refractivity contribution in [3.63, 3.8) is 0 Å². The molecule has 3 aromatic rings. The summed E-state index contributed by atoms with van der Waals surface area (Å²) in [5, 5.41) is 12.4. The molecule has 0 amide bonds. The van der Waals surface area contributed by atoms with E-state index in [0.717, 1.165) is 34.7 Å². The van der Waals surface area contributed by atoms with Crippen LogP contribution in [0.15, 0.2) is 36.5 Å². The minimum absolute atomic E-state index is 0.307. The molecule has 0 saturated carbocycles. The van der Waals surface area contributed by atoms with Crippen LogP contribution in [0.2, 0.25) is 5.02 Å². The second kappa shape index (κ2) is 10.7. The van der Waals surface area contributed by atoms with Gasteiger partial charge in [-0.25, -0.2) is 4.79 Å². The molecule has 1 aromatic carbocycles. The van der Waals surface area contributed by atoms with Crippen molar-refractivity contribution in [2.75, 3.05) is 18.5 Å². The molecule has 0 fully saturated rings. The van der Waals surface area contributed by atoms with Crippen molar-refractivity contribution in [3.8, 4) is 11.1 Å². The molecule has 2 heterocycles. The maximum atomic E-state index is 12.8. The number of anilines is 1. The standard InChI is InChI=1S/C22H25ClN4O2S2/c1-4-29-21(28)19-18(16-9-6-5-7-10-16)15(3)31-20(19)26-22(30)24-11-8-12-27-14(2)17(23)13-25-27/h5-7,9-10,13H,4,8,11-12H2,1-3H3,(H2,24,26,30). The fourth-order valence-electron chi connectivity index (χ4n) is 3.21. The molecular formula is C22H25ClN4O2S2. The van der Waals surface area contributed by atoms with E-state index in [1.165, 1.54) is 11.3 Å². The zero-order valence-corrected chi connectivity index (χ0v) is 20.1. The normalized spacial score (nSPS) is 10.7. The smallest absolute Gasteiger partial charge is 0.341 e. The highest BCUT2D eigenvalue weighted by molar-refractivity contribution is 7.80. The summed E-state index contributed by atoms with van der Waals surface area (Å²) in [6.07, 6.45) is 2.47. The van der Waals surface area contributed by atoms with Crippen LogP contribution in [0.25, 0.3) is 11.1 Å².